The average Bonchev–Trinajstić information content (AvgIpc) is 2.91. The van der Waals surface area contributed by atoms with Crippen molar-refractivity contribution < 1.29 is 19.4 Å². The van der Waals surface area contributed by atoms with Gasteiger partial charge in [-0.3, -0.25) is 4.79 Å². The topological polar surface area (TPSA) is 90.6 Å². The van der Waals surface area contributed by atoms with Gasteiger partial charge < -0.3 is 14.7 Å². The van der Waals surface area contributed by atoms with E-state index in [1.165, 1.54) is 4.90 Å². The molecule has 23 heavy (non-hydrogen) atoms. The number of rotatable bonds is 2. The maximum Gasteiger partial charge on any atom is 0.410 e. The Bertz CT molecular complexity index is 657. The molecule has 2 atom stereocenters. The molecule has 1 aliphatic rings. The van der Waals surface area contributed by atoms with Gasteiger partial charge in [-0.2, -0.15) is 5.26 Å². The highest BCUT2D eigenvalue weighted by Gasteiger charge is 2.41. The van der Waals surface area contributed by atoms with E-state index in [2.05, 4.69) is 0 Å². The van der Waals surface area contributed by atoms with E-state index in [0.29, 0.717) is 5.56 Å². The first-order valence-corrected chi connectivity index (χ1v) is 7.42. The SMILES string of the molecule is CC(C)(C)OC(=O)N1C[C@H](C(=O)O)[C@H](c2cccc(C#N)c2)C1. The summed E-state index contributed by atoms with van der Waals surface area (Å²) >= 11 is 0. The smallest absolute Gasteiger partial charge is 0.410 e. The first-order valence-electron chi connectivity index (χ1n) is 7.42. The molecular weight excluding hydrogens is 296 g/mol. The predicted molar refractivity (Wildman–Crippen MR) is 82.8 cm³/mol. The van der Waals surface area contributed by atoms with Gasteiger partial charge in [-0.1, -0.05) is 12.1 Å². The Balaban J connectivity index is 2.23. The van der Waals surface area contributed by atoms with Crippen LogP contribution in [-0.2, 0) is 9.53 Å². The van der Waals surface area contributed by atoms with Crippen LogP contribution in [0.15, 0.2) is 24.3 Å². The number of carboxylic acids is 1. The summed E-state index contributed by atoms with van der Waals surface area (Å²) in [5.41, 5.74) is 0.596. The van der Waals surface area contributed by atoms with Crippen molar-refractivity contribution in [3.05, 3.63) is 35.4 Å². The molecule has 1 aliphatic heterocycles. The van der Waals surface area contributed by atoms with Crippen molar-refractivity contribution in [1.29, 1.82) is 5.26 Å². The van der Waals surface area contributed by atoms with Crippen molar-refractivity contribution in [3.8, 4) is 6.07 Å². The zero-order valence-electron chi connectivity index (χ0n) is 13.4. The number of carboxylic acid groups (broad SMARTS) is 1. The van der Waals surface area contributed by atoms with Gasteiger partial charge in [0.25, 0.3) is 0 Å². The van der Waals surface area contributed by atoms with Crippen molar-refractivity contribution >= 4 is 12.1 Å². The molecule has 2 rings (SSSR count). The second-order valence-corrected chi connectivity index (χ2v) is 6.67. The normalized spacial score (nSPS) is 20.9. The minimum absolute atomic E-state index is 0.103. The highest BCUT2D eigenvalue weighted by Crippen LogP contribution is 2.34. The number of nitriles is 1. The molecule has 0 unspecified atom stereocenters. The van der Waals surface area contributed by atoms with Crippen LogP contribution in [0.2, 0.25) is 0 Å². The quantitative estimate of drug-likeness (QED) is 0.905. The van der Waals surface area contributed by atoms with Crippen molar-refractivity contribution in [2.45, 2.75) is 32.3 Å². The van der Waals surface area contributed by atoms with E-state index in [4.69, 9.17) is 10.00 Å². The van der Waals surface area contributed by atoms with Crippen LogP contribution >= 0.6 is 0 Å². The molecule has 0 spiro atoms. The molecule has 1 saturated heterocycles. The lowest BCUT2D eigenvalue weighted by molar-refractivity contribution is -0.141. The summed E-state index contributed by atoms with van der Waals surface area (Å²) in [6.07, 6.45) is -0.511. The van der Waals surface area contributed by atoms with Gasteiger partial charge in [0.05, 0.1) is 17.6 Å². The number of amides is 1. The highest BCUT2D eigenvalue weighted by atomic mass is 16.6. The minimum atomic E-state index is -0.955. The number of carbonyl (C=O) groups is 2. The third kappa shape index (κ3) is 4.01. The van der Waals surface area contributed by atoms with Crippen LogP contribution in [-0.4, -0.2) is 40.8 Å². The molecule has 1 aromatic carbocycles. The molecule has 0 aromatic heterocycles. The van der Waals surface area contributed by atoms with Gasteiger partial charge >= 0.3 is 12.1 Å². The first-order chi connectivity index (χ1) is 10.7. The monoisotopic (exact) mass is 316 g/mol. The van der Waals surface area contributed by atoms with Gasteiger partial charge in [0.15, 0.2) is 0 Å². The Labute approximate surface area is 135 Å². The van der Waals surface area contributed by atoms with E-state index < -0.39 is 23.6 Å². The summed E-state index contributed by atoms with van der Waals surface area (Å²) in [5, 5.41) is 18.5. The van der Waals surface area contributed by atoms with E-state index >= 15 is 0 Å². The zero-order chi connectivity index (χ0) is 17.2. The fraction of sp³-hybridized carbons (Fsp3) is 0.471. The lowest BCUT2D eigenvalue weighted by Crippen LogP contribution is -2.35. The number of ether oxygens (including phenoxy) is 1. The Hall–Kier alpha value is -2.55. The predicted octanol–water partition coefficient (Wildman–Crippen LogP) is 2.59. The van der Waals surface area contributed by atoms with E-state index in [0.717, 1.165) is 5.56 Å². The van der Waals surface area contributed by atoms with Gasteiger partial charge in [-0.15, -0.1) is 0 Å². The van der Waals surface area contributed by atoms with Crippen LogP contribution in [0.25, 0.3) is 0 Å². The van der Waals surface area contributed by atoms with E-state index in [1.54, 1.807) is 45.0 Å². The number of hydrogen-bond acceptors (Lipinski definition) is 4. The standard InChI is InChI=1S/C17H20N2O4/c1-17(2,3)23-16(22)19-9-13(14(10-19)15(20)21)12-6-4-5-11(7-12)8-18/h4-7,13-14H,9-10H2,1-3H3,(H,20,21)/t13-,14-/m0/s1. The molecule has 1 heterocycles. The maximum atomic E-state index is 12.2. The Morgan fingerprint density at radius 3 is 2.61 bits per heavy atom. The second kappa shape index (κ2) is 6.29. The van der Waals surface area contributed by atoms with Crippen molar-refractivity contribution in [3.63, 3.8) is 0 Å². The molecule has 0 saturated carbocycles. The van der Waals surface area contributed by atoms with Crippen molar-refractivity contribution in [1.82, 2.24) is 4.90 Å². The van der Waals surface area contributed by atoms with Crippen LogP contribution < -0.4 is 0 Å². The van der Waals surface area contributed by atoms with Crippen LogP contribution in [0, 0.1) is 17.2 Å². The van der Waals surface area contributed by atoms with Crippen LogP contribution in [0.4, 0.5) is 4.79 Å². The molecule has 6 heteroatoms. The summed E-state index contributed by atoms with van der Waals surface area (Å²) in [7, 11) is 0. The average molecular weight is 316 g/mol. The molecule has 1 fully saturated rings. The fourth-order valence-electron chi connectivity index (χ4n) is 2.71. The number of nitrogens with zero attached hydrogens (tertiary/aromatic N) is 2. The second-order valence-electron chi connectivity index (χ2n) is 6.67. The van der Waals surface area contributed by atoms with Crippen molar-refractivity contribution in [2.24, 2.45) is 5.92 Å². The number of carbonyl (C=O) groups excluding carboxylic acids is 1. The van der Waals surface area contributed by atoms with Crippen LogP contribution in [0.1, 0.15) is 37.8 Å². The first kappa shape index (κ1) is 16.8. The molecule has 1 N–H and O–H groups in total. The number of likely N-dealkylation sites (tertiary alicyclic amines) is 1. The molecule has 0 aliphatic carbocycles. The van der Waals surface area contributed by atoms with E-state index in [-0.39, 0.29) is 19.0 Å². The third-order valence-corrected chi connectivity index (χ3v) is 3.73. The lowest BCUT2D eigenvalue weighted by Gasteiger charge is -2.24. The molecule has 0 bridgehead atoms. The van der Waals surface area contributed by atoms with Gasteiger partial charge in [-0.25, -0.2) is 4.79 Å². The third-order valence-electron chi connectivity index (χ3n) is 3.73. The summed E-state index contributed by atoms with van der Waals surface area (Å²) in [5.74, 6) is -2.02. The summed E-state index contributed by atoms with van der Waals surface area (Å²) in [6, 6.07) is 8.91. The number of aliphatic carboxylic acids is 1. The Morgan fingerprint density at radius 2 is 2.04 bits per heavy atom. The van der Waals surface area contributed by atoms with Crippen LogP contribution in [0.3, 0.4) is 0 Å². The number of hydrogen-bond donors (Lipinski definition) is 1. The van der Waals surface area contributed by atoms with E-state index in [1.807, 2.05) is 6.07 Å². The largest absolute Gasteiger partial charge is 0.481 e. The maximum absolute atomic E-state index is 12.2. The van der Waals surface area contributed by atoms with E-state index in [9.17, 15) is 14.7 Å². The molecule has 1 aromatic rings. The lowest BCUT2D eigenvalue weighted by atomic mass is 9.88. The highest BCUT2D eigenvalue weighted by molar-refractivity contribution is 5.76. The Kier molecular flexibility index (Phi) is 4.60. The zero-order valence-corrected chi connectivity index (χ0v) is 13.4. The Morgan fingerprint density at radius 1 is 1.35 bits per heavy atom. The molecule has 6 nitrogen and oxygen atoms in total. The summed E-state index contributed by atoms with van der Waals surface area (Å²) < 4.78 is 5.32. The number of benzene rings is 1. The van der Waals surface area contributed by atoms with Gasteiger partial charge in [0, 0.05) is 19.0 Å². The molecule has 122 valence electrons. The summed E-state index contributed by atoms with van der Waals surface area (Å²) in [4.78, 5) is 25.2. The molecular formula is C17H20N2O4. The molecule has 0 radical (unpaired) electrons. The van der Waals surface area contributed by atoms with Crippen LogP contribution in [0.5, 0.6) is 0 Å². The fourth-order valence-corrected chi connectivity index (χ4v) is 2.71. The van der Waals surface area contributed by atoms with Gasteiger partial charge in [-0.05, 0) is 38.5 Å². The van der Waals surface area contributed by atoms with Crippen molar-refractivity contribution in [2.75, 3.05) is 13.1 Å². The van der Waals surface area contributed by atoms with Gasteiger partial charge in [0.2, 0.25) is 0 Å². The molecule has 1 amide bonds. The minimum Gasteiger partial charge on any atom is -0.481 e. The summed E-state index contributed by atoms with van der Waals surface area (Å²) in [6.45, 7) is 5.67. The van der Waals surface area contributed by atoms with Gasteiger partial charge in [0.1, 0.15) is 5.60 Å².